The van der Waals surface area contributed by atoms with Crippen molar-refractivity contribution in [2.45, 2.75) is 40.0 Å². The van der Waals surface area contributed by atoms with E-state index in [4.69, 9.17) is 4.74 Å². The molecule has 1 N–H and O–H groups in total. The Labute approximate surface area is 144 Å². The molecule has 0 aliphatic heterocycles. The standard InChI is InChI=1S/C21H26O3/c1-4-5-9-16-10-6-7-13-19(16)17-11-8-12-18(14-17)24-15-21(2,3)20(22)23/h6-8,10-14H,4-5,9,15H2,1-3H3,(H,22,23). The number of carbonyl (C=O) groups is 1. The Hall–Kier alpha value is -2.29. The summed E-state index contributed by atoms with van der Waals surface area (Å²) in [4.78, 5) is 11.2. The molecule has 128 valence electrons. The summed E-state index contributed by atoms with van der Waals surface area (Å²) in [5, 5.41) is 9.19. The van der Waals surface area contributed by atoms with Crippen molar-refractivity contribution in [3.05, 3.63) is 54.1 Å². The number of ether oxygens (including phenoxy) is 1. The van der Waals surface area contributed by atoms with Crippen LogP contribution in [-0.4, -0.2) is 17.7 Å². The van der Waals surface area contributed by atoms with Crippen LogP contribution in [-0.2, 0) is 11.2 Å². The fourth-order valence-electron chi connectivity index (χ4n) is 2.47. The second kappa shape index (κ2) is 8.00. The van der Waals surface area contributed by atoms with E-state index in [-0.39, 0.29) is 6.61 Å². The number of benzene rings is 2. The highest BCUT2D eigenvalue weighted by molar-refractivity contribution is 5.74. The molecule has 0 spiro atoms. The van der Waals surface area contributed by atoms with Gasteiger partial charge >= 0.3 is 5.97 Å². The van der Waals surface area contributed by atoms with Crippen LogP contribution in [0.25, 0.3) is 11.1 Å². The molecule has 0 fully saturated rings. The highest BCUT2D eigenvalue weighted by Gasteiger charge is 2.28. The number of unbranched alkanes of at least 4 members (excludes halogenated alkanes) is 1. The van der Waals surface area contributed by atoms with Crippen molar-refractivity contribution in [3.63, 3.8) is 0 Å². The molecule has 0 saturated heterocycles. The number of aryl methyl sites for hydroxylation is 1. The first kappa shape index (κ1) is 18.1. The zero-order chi connectivity index (χ0) is 17.6. The van der Waals surface area contributed by atoms with Crippen LogP contribution in [0.3, 0.4) is 0 Å². The normalized spacial score (nSPS) is 11.3. The number of carboxylic acids is 1. The van der Waals surface area contributed by atoms with Crippen LogP contribution in [0.2, 0.25) is 0 Å². The van der Waals surface area contributed by atoms with Gasteiger partial charge in [-0.1, -0.05) is 49.7 Å². The van der Waals surface area contributed by atoms with Crippen LogP contribution >= 0.6 is 0 Å². The molecule has 0 saturated carbocycles. The molecule has 0 heterocycles. The first-order chi connectivity index (χ1) is 11.4. The Morgan fingerprint density at radius 3 is 2.58 bits per heavy atom. The molecule has 0 amide bonds. The number of hydrogen-bond acceptors (Lipinski definition) is 2. The minimum Gasteiger partial charge on any atom is -0.492 e. The molecule has 0 atom stereocenters. The van der Waals surface area contributed by atoms with Crippen molar-refractivity contribution in [2.24, 2.45) is 5.41 Å². The van der Waals surface area contributed by atoms with E-state index in [0.29, 0.717) is 5.75 Å². The monoisotopic (exact) mass is 326 g/mol. The van der Waals surface area contributed by atoms with Gasteiger partial charge in [0.1, 0.15) is 12.4 Å². The maximum absolute atomic E-state index is 11.2. The molecule has 0 radical (unpaired) electrons. The fraction of sp³-hybridized carbons (Fsp3) is 0.381. The molecule has 3 heteroatoms. The smallest absolute Gasteiger partial charge is 0.312 e. The second-order valence-corrected chi connectivity index (χ2v) is 6.77. The SMILES string of the molecule is CCCCc1ccccc1-c1cccc(OCC(C)(C)C(=O)O)c1. The predicted molar refractivity (Wildman–Crippen MR) is 97.4 cm³/mol. The largest absolute Gasteiger partial charge is 0.492 e. The third kappa shape index (κ3) is 4.60. The highest BCUT2D eigenvalue weighted by Crippen LogP contribution is 2.29. The Bertz CT molecular complexity index is 689. The Morgan fingerprint density at radius 1 is 1.12 bits per heavy atom. The summed E-state index contributed by atoms with van der Waals surface area (Å²) in [7, 11) is 0. The molecule has 0 aliphatic rings. The number of carboxylic acid groups (broad SMARTS) is 1. The van der Waals surface area contributed by atoms with Crippen LogP contribution in [0.5, 0.6) is 5.75 Å². The minimum atomic E-state index is -0.908. The Morgan fingerprint density at radius 2 is 1.88 bits per heavy atom. The maximum Gasteiger partial charge on any atom is 0.312 e. The lowest BCUT2D eigenvalue weighted by atomic mass is 9.95. The molecule has 3 nitrogen and oxygen atoms in total. The Kier molecular flexibility index (Phi) is 6.02. The van der Waals surface area contributed by atoms with Gasteiger partial charge in [0.25, 0.3) is 0 Å². The quantitative estimate of drug-likeness (QED) is 0.726. The Balaban J connectivity index is 2.20. The van der Waals surface area contributed by atoms with Gasteiger partial charge in [-0.3, -0.25) is 4.79 Å². The molecule has 0 unspecified atom stereocenters. The van der Waals surface area contributed by atoms with Crippen molar-refractivity contribution in [3.8, 4) is 16.9 Å². The molecule has 2 rings (SSSR count). The molecule has 0 aliphatic carbocycles. The second-order valence-electron chi connectivity index (χ2n) is 6.77. The maximum atomic E-state index is 11.2. The summed E-state index contributed by atoms with van der Waals surface area (Å²) in [5.41, 5.74) is 2.75. The summed E-state index contributed by atoms with van der Waals surface area (Å²) in [6.45, 7) is 5.67. The van der Waals surface area contributed by atoms with E-state index in [1.54, 1.807) is 13.8 Å². The summed E-state index contributed by atoms with van der Waals surface area (Å²) < 4.78 is 5.73. The molecular weight excluding hydrogens is 300 g/mol. The number of hydrogen-bond donors (Lipinski definition) is 1. The van der Waals surface area contributed by atoms with Gasteiger partial charge in [0.15, 0.2) is 0 Å². The molecule has 2 aromatic rings. The molecule has 2 aromatic carbocycles. The number of aliphatic carboxylic acids is 1. The molecule has 0 aromatic heterocycles. The lowest BCUT2D eigenvalue weighted by Gasteiger charge is -2.20. The fourth-order valence-corrected chi connectivity index (χ4v) is 2.47. The van der Waals surface area contributed by atoms with Gasteiger partial charge in [-0.05, 0) is 55.5 Å². The van der Waals surface area contributed by atoms with Gasteiger partial charge in [-0.15, -0.1) is 0 Å². The van der Waals surface area contributed by atoms with Gasteiger partial charge in [-0.2, -0.15) is 0 Å². The van der Waals surface area contributed by atoms with Crippen LogP contribution in [0.1, 0.15) is 39.2 Å². The zero-order valence-corrected chi connectivity index (χ0v) is 14.7. The topological polar surface area (TPSA) is 46.5 Å². The van der Waals surface area contributed by atoms with E-state index in [1.165, 1.54) is 24.0 Å². The van der Waals surface area contributed by atoms with Gasteiger partial charge < -0.3 is 9.84 Å². The average molecular weight is 326 g/mol. The van der Waals surface area contributed by atoms with Gasteiger partial charge in [0.2, 0.25) is 0 Å². The van der Waals surface area contributed by atoms with E-state index in [9.17, 15) is 9.90 Å². The predicted octanol–water partition coefficient (Wildman–Crippen LogP) is 5.19. The third-order valence-corrected chi connectivity index (χ3v) is 4.14. The van der Waals surface area contributed by atoms with Crippen molar-refractivity contribution in [2.75, 3.05) is 6.61 Å². The molecule has 24 heavy (non-hydrogen) atoms. The van der Waals surface area contributed by atoms with Gasteiger partial charge in [0.05, 0.1) is 5.41 Å². The van der Waals surface area contributed by atoms with E-state index in [0.717, 1.165) is 12.0 Å². The highest BCUT2D eigenvalue weighted by atomic mass is 16.5. The van der Waals surface area contributed by atoms with Crippen molar-refractivity contribution in [1.29, 1.82) is 0 Å². The van der Waals surface area contributed by atoms with Crippen LogP contribution in [0.4, 0.5) is 0 Å². The van der Waals surface area contributed by atoms with E-state index in [2.05, 4.69) is 31.2 Å². The third-order valence-electron chi connectivity index (χ3n) is 4.14. The first-order valence-electron chi connectivity index (χ1n) is 8.48. The first-order valence-corrected chi connectivity index (χ1v) is 8.48. The average Bonchev–Trinajstić information content (AvgIpc) is 2.58. The summed E-state index contributed by atoms with van der Waals surface area (Å²) in [5.74, 6) is -0.157. The summed E-state index contributed by atoms with van der Waals surface area (Å²) >= 11 is 0. The minimum absolute atomic E-state index is 0.142. The lowest BCUT2D eigenvalue weighted by Crippen LogP contribution is -2.30. The van der Waals surface area contributed by atoms with Gasteiger partial charge in [0, 0.05) is 0 Å². The molecular formula is C21H26O3. The van der Waals surface area contributed by atoms with Crippen LogP contribution in [0, 0.1) is 5.41 Å². The summed E-state index contributed by atoms with van der Waals surface area (Å²) in [6, 6.07) is 16.3. The van der Waals surface area contributed by atoms with Crippen LogP contribution < -0.4 is 4.74 Å². The van der Waals surface area contributed by atoms with E-state index in [1.807, 2.05) is 24.3 Å². The van der Waals surface area contributed by atoms with Crippen molar-refractivity contribution < 1.29 is 14.6 Å². The number of rotatable bonds is 8. The zero-order valence-electron chi connectivity index (χ0n) is 14.7. The van der Waals surface area contributed by atoms with Gasteiger partial charge in [-0.25, -0.2) is 0 Å². The van der Waals surface area contributed by atoms with Crippen molar-refractivity contribution >= 4 is 5.97 Å². The van der Waals surface area contributed by atoms with Crippen molar-refractivity contribution in [1.82, 2.24) is 0 Å². The van der Waals surface area contributed by atoms with E-state index < -0.39 is 11.4 Å². The van der Waals surface area contributed by atoms with E-state index >= 15 is 0 Å². The lowest BCUT2D eigenvalue weighted by molar-refractivity contribution is -0.148. The summed E-state index contributed by atoms with van der Waals surface area (Å²) in [6.07, 6.45) is 3.39. The van der Waals surface area contributed by atoms with Crippen LogP contribution in [0.15, 0.2) is 48.5 Å². The molecule has 0 bridgehead atoms.